The van der Waals surface area contributed by atoms with Crippen LogP contribution in [0.4, 0.5) is 10.2 Å². The van der Waals surface area contributed by atoms with Crippen LogP contribution in [-0.4, -0.2) is 9.97 Å². The number of aryl methyl sites for hydroxylation is 2. The van der Waals surface area contributed by atoms with Gasteiger partial charge in [0, 0.05) is 5.39 Å². The Morgan fingerprint density at radius 2 is 1.85 bits per heavy atom. The fourth-order valence-electron chi connectivity index (χ4n) is 2.32. The van der Waals surface area contributed by atoms with Gasteiger partial charge in [-0.15, -0.1) is 0 Å². The summed E-state index contributed by atoms with van der Waals surface area (Å²) in [7, 11) is 0. The van der Waals surface area contributed by atoms with Crippen LogP contribution in [0.15, 0.2) is 36.4 Å². The summed E-state index contributed by atoms with van der Waals surface area (Å²) in [5, 5.41) is 0.823. The van der Waals surface area contributed by atoms with E-state index in [9.17, 15) is 4.39 Å². The van der Waals surface area contributed by atoms with E-state index >= 15 is 0 Å². The molecule has 0 fully saturated rings. The van der Waals surface area contributed by atoms with Crippen LogP contribution in [0, 0.1) is 19.7 Å². The summed E-state index contributed by atoms with van der Waals surface area (Å²) in [5.41, 5.74) is 9.08. The van der Waals surface area contributed by atoms with Gasteiger partial charge in [-0.3, -0.25) is 0 Å². The Labute approximate surface area is 116 Å². The molecule has 0 atom stereocenters. The van der Waals surface area contributed by atoms with Crippen molar-refractivity contribution in [3.63, 3.8) is 0 Å². The number of rotatable bonds is 1. The van der Waals surface area contributed by atoms with E-state index in [2.05, 4.69) is 9.97 Å². The van der Waals surface area contributed by atoms with Gasteiger partial charge >= 0.3 is 0 Å². The average Bonchev–Trinajstić information content (AvgIpc) is 2.41. The predicted molar refractivity (Wildman–Crippen MR) is 78.8 cm³/mol. The highest BCUT2D eigenvalue weighted by Gasteiger charge is 2.12. The minimum Gasteiger partial charge on any atom is -0.383 e. The molecule has 0 unspecified atom stereocenters. The zero-order valence-corrected chi connectivity index (χ0v) is 11.3. The summed E-state index contributed by atoms with van der Waals surface area (Å²) in [6.07, 6.45) is 0. The van der Waals surface area contributed by atoms with Crippen molar-refractivity contribution in [2.75, 3.05) is 5.73 Å². The number of hydrogen-bond donors (Lipinski definition) is 1. The first kappa shape index (κ1) is 12.5. The topological polar surface area (TPSA) is 51.8 Å². The Hall–Kier alpha value is -2.49. The molecule has 0 saturated carbocycles. The fourth-order valence-corrected chi connectivity index (χ4v) is 2.32. The smallest absolute Gasteiger partial charge is 0.165 e. The van der Waals surface area contributed by atoms with Gasteiger partial charge < -0.3 is 5.73 Å². The lowest BCUT2D eigenvalue weighted by Crippen LogP contribution is -2.00. The molecule has 3 aromatic rings. The average molecular weight is 267 g/mol. The predicted octanol–water partition coefficient (Wildman–Crippen LogP) is 3.63. The second-order valence-corrected chi connectivity index (χ2v) is 4.88. The third-order valence-electron chi connectivity index (χ3n) is 3.32. The van der Waals surface area contributed by atoms with E-state index in [4.69, 9.17) is 5.73 Å². The Kier molecular flexibility index (Phi) is 2.86. The number of anilines is 1. The number of benzene rings is 2. The molecule has 1 aromatic heterocycles. The molecule has 100 valence electrons. The molecular weight excluding hydrogens is 253 g/mol. The van der Waals surface area contributed by atoms with E-state index in [1.165, 1.54) is 6.07 Å². The van der Waals surface area contributed by atoms with Crippen LogP contribution in [0.3, 0.4) is 0 Å². The van der Waals surface area contributed by atoms with Crippen molar-refractivity contribution in [2.45, 2.75) is 13.8 Å². The summed E-state index contributed by atoms with van der Waals surface area (Å²) < 4.78 is 13.9. The van der Waals surface area contributed by atoms with E-state index in [-0.39, 0.29) is 5.82 Å². The number of aromatic nitrogens is 2. The van der Waals surface area contributed by atoms with E-state index < -0.39 is 0 Å². The minimum absolute atomic E-state index is 0.321. The molecule has 0 amide bonds. The molecule has 1 heterocycles. The van der Waals surface area contributed by atoms with Gasteiger partial charge in [-0.2, -0.15) is 0 Å². The van der Waals surface area contributed by atoms with Gasteiger partial charge in [0.25, 0.3) is 0 Å². The number of halogens is 1. The van der Waals surface area contributed by atoms with E-state index in [0.717, 1.165) is 22.0 Å². The molecule has 2 N–H and O–H groups in total. The maximum absolute atomic E-state index is 13.9. The fraction of sp³-hybridized carbons (Fsp3) is 0.125. The Bertz CT molecular complexity index is 812. The Balaban J connectivity index is 2.30. The zero-order chi connectivity index (χ0) is 14.3. The van der Waals surface area contributed by atoms with Crippen LogP contribution >= 0.6 is 0 Å². The van der Waals surface area contributed by atoms with Crippen LogP contribution in [-0.2, 0) is 0 Å². The number of nitrogens with two attached hydrogens (primary N) is 1. The van der Waals surface area contributed by atoms with Gasteiger partial charge in [0.05, 0.1) is 11.1 Å². The summed E-state index contributed by atoms with van der Waals surface area (Å²) in [4.78, 5) is 8.70. The highest BCUT2D eigenvalue weighted by molar-refractivity contribution is 5.92. The monoisotopic (exact) mass is 267 g/mol. The summed E-state index contributed by atoms with van der Waals surface area (Å²) in [5.74, 6) is 0.354. The van der Waals surface area contributed by atoms with Gasteiger partial charge in [0.2, 0.25) is 0 Å². The largest absolute Gasteiger partial charge is 0.383 e. The second-order valence-electron chi connectivity index (χ2n) is 4.88. The Morgan fingerprint density at radius 1 is 1.05 bits per heavy atom. The zero-order valence-electron chi connectivity index (χ0n) is 11.3. The van der Waals surface area contributed by atoms with E-state index in [1.807, 2.05) is 32.0 Å². The Morgan fingerprint density at radius 3 is 2.65 bits per heavy atom. The highest BCUT2D eigenvalue weighted by atomic mass is 19.1. The van der Waals surface area contributed by atoms with Gasteiger partial charge in [-0.05, 0) is 37.6 Å². The second kappa shape index (κ2) is 4.56. The molecule has 0 bridgehead atoms. The van der Waals surface area contributed by atoms with Crippen LogP contribution in [0.5, 0.6) is 0 Å². The van der Waals surface area contributed by atoms with Crippen molar-refractivity contribution >= 4 is 16.7 Å². The van der Waals surface area contributed by atoms with Crippen molar-refractivity contribution in [1.82, 2.24) is 9.97 Å². The normalized spacial score (nSPS) is 10.9. The summed E-state index contributed by atoms with van der Waals surface area (Å²) in [6, 6.07) is 10.6. The lowest BCUT2D eigenvalue weighted by atomic mass is 10.1. The summed E-state index contributed by atoms with van der Waals surface area (Å²) >= 11 is 0. The molecule has 20 heavy (non-hydrogen) atoms. The lowest BCUT2D eigenvalue weighted by Gasteiger charge is -2.08. The molecule has 0 aliphatic rings. The third-order valence-corrected chi connectivity index (χ3v) is 3.32. The number of fused-ring (bicyclic) bond motifs is 1. The number of nitrogen functional groups attached to an aromatic ring is 1. The molecule has 4 heteroatoms. The van der Waals surface area contributed by atoms with Crippen LogP contribution in [0.2, 0.25) is 0 Å². The van der Waals surface area contributed by atoms with E-state index in [1.54, 1.807) is 12.1 Å². The molecule has 0 aliphatic heterocycles. The van der Waals surface area contributed by atoms with Crippen LogP contribution in [0.1, 0.15) is 11.1 Å². The number of nitrogens with zero attached hydrogens (tertiary/aromatic N) is 2. The molecule has 0 spiro atoms. The highest BCUT2D eigenvalue weighted by Crippen LogP contribution is 2.27. The molecule has 0 radical (unpaired) electrons. The number of hydrogen-bond acceptors (Lipinski definition) is 3. The van der Waals surface area contributed by atoms with Crippen molar-refractivity contribution in [2.24, 2.45) is 0 Å². The van der Waals surface area contributed by atoms with Crippen LogP contribution in [0.25, 0.3) is 22.3 Å². The van der Waals surface area contributed by atoms with Crippen molar-refractivity contribution in [3.05, 3.63) is 53.3 Å². The first-order valence-electron chi connectivity index (χ1n) is 6.35. The molecule has 3 nitrogen and oxygen atoms in total. The maximum Gasteiger partial charge on any atom is 0.165 e. The quantitative estimate of drug-likeness (QED) is 0.732. The SMILES string of the molecule is Cc1ccc(F)c(-c2nc(N)c3c(C)cccc3n2)c1. The van der Waals surface area contributed by atoms with Gasteiger partial charge in [-0.25, -0.2) is 14.4 Å². The van der Waals surface area contributed by atoms with Crippen molar-refractivity contribution < 1.29 is 4.39 Å². The lowest BCUT2D eigenvalue weighted by molar-refractivity contribution is 0.629. The van der Waals surface area contributed by atoms with Gasteiger partial charge in [0.1, 0.15) is 11.6 Å². The van der Waals surface area contributed by atoms with Gasteiger partial charge in [0.15, 0.2) is 5.82 Å². The van der Waals surface area contributed by atoms with Crippen molar-refractivity contribution in [3.8, 4) is 11.4 Å². The van der Waals surface area contributed by atoms with Crippen molar-refractivity contribution in [1.29, 1.82) is 0 Å². The van der Waals surface area contributed by atoms with Gasteiger partial charge in [-0.1, -0.05) is 23.8 Å². The summed E-state index contributed by atoms with van der Waals surface area (Å²) in [6.45, 7) is 3.85. The third kappa shape index (κ3) is 1.99. The van der Waals surface area contributed by atoms with Crippen LogP contribution < -0.4 is 5.73 Å². The molecule has 2 aromatic carbocycles. The first-order chi connectivity index (χ1) is 9.56. The standard InChI is InChI=1S/C16H14FN3/c1-9-6-7-12(17)11(8-9)16-19-13-5-3-4-10(2)14(13)15(18)20-16/h3-8H,1-2H3,(H2,18,19,20). The maximum atomic E-state index is 13.9. The molecule has 3 rings (SSSR count). The minimum atomic E-state index is -0.345. The molecule has 0 saturated heterocycles. The molecule has 0 aliphatic carbocycles. The van der Waals surface area contributed by atoms with E-state index in [0.29, 0.717) is 17.2 Å². The first-order valence-corrected chi connectivity index (χ1v) is 6.35. The molecular formula is C16H14FN3.